The Balaban J connectivity index is 0.000000174. The predicted octanol–water partition coefficient (Wildman–Crippen LogP) is 8.04. The molecule has 4 aromatic carbocycles. The minimum Gasteiger partial charge on any atom is -0.506 e. The van der Waals surface area contributed by atoms with Crippen LogP contribution in [0.15, 0.2) is 123 Å². The van der Waals surface area contributed by atoms with Crippen LogP contribution in [-0.4, -0.2) is 19.2 Å². The molecule has 0 aliphatic carbocycles. The maximum absolute atomic E-state index is 12.0. The van der Waals surface area contributed by atoms with Gasteiger partial charge in [-0.1, -0.05) is 36.4 Å². The summed E-state index contributed by atoms with van der Waals surface area (Å²) in [6, 6.07) is 29.3. The molecular formula is C40H36N4O6. The highest BCUT2D eigenvalue weighted by Crippen LogP contribution is 2.39. The van der Waals surface area contributed by atoms with Crippen molar-refractivity contribution < 1.29 is 19.0 Å². The number of nitrogens with zero attached hydrogens (tertiary/aromatic N) is 3. The first-order chi connectivity index (χ1) is 24.0. The molecule has 0 unspecified atom stereocenters. The van der Waals surface area contributed by atoms with E-state index in [9.17, 15) is 14.7 Å². The number of aromatic nitrogens is 3. The number of pyridine rings is 2. The van der Waals surface area contributed by atoms with Crippen LogP contribution in [0.5, 0.6) is 28.7 Å². The fraction of sp³-hybridized carbons (Fsp3) is 0.125. The molecule has 0 amide bonds. The maximum atomic E-state index is 12.0. The van der Waals surface area contributed by atoms with Crippen molar-refractivity contribution in [2.45, 2.75) is 20.8 Å². The Labute approximate surface area is 288 Å². The minimum absolute atomic E-state index is 0.0161. The number of hydrogen-bond acceptors (Lipinski definition) is 8. The minimum atomic E-state index is -0.0246. The molecule has 3 aromatic heterocycles. The number of hydrogen-bond donors (Lipinski definition) is 2. The molecule has 0 saturated heterocycles. The largest absolute Gasteiger partial charge is 0.506 e. The van der Waals surface area contributed by atoms with Gasteiger partial charge in [-0.05, 0) is 68.4 Å². The number of aromatic hydroxyl groups is 1. The molecule has 3 N–H and O–H groups in total. The van der Waals surface area contributed by atoms with Gasteiger partial charge in [0, 0.05) is 72.9 Å². The van der Waals surface area contributed by atoms with Gasteiger partial charge in [0.25, 0.3) is 11.1 Å². The van der Waals surface area contributed by atoms with Crippen molar-refractivity contribution >= 4 is 16.8 Å². The van der Waals surface area contributed by atoms with E-state index in [1.54, 1.807) is 54.7 Å². The molecule has 252 valence electrons. The molecule has 3 heterocycles. The summed E-state index contributed by atoms with van der Waals surface area (Å²) < 4.78 is 20.9. The molecule has 10 nitrogen and oxygen atoms in total. The Kier molecular flexibility index (Phi) is 9.27. The van der Waals surface area contributed by atoms with Gasteiger partial charge < -0.3 is 33.9 Å². The summed E-state index contributed by atoms with van der Waals surface area (Å²) in [5.41, 5.74) is 12.1. The van der Waals surface area contributed by atoms with Crippen LogP contribution >= 0.6 is 0 Å². The van der Waals surface area contributed by atoms with E-state index >= 15 is 0 Å². The lowest BCUT2D eigenvalue weighted by Crippen LogP contribution is -2.18. The highest BCUT2D eigenvalue weighted by molar-refractivity contribution is 5.90. The van der Waals surface area contributed by atoms with E-state index in [0.717, 1.165) is 22.3 Å². The molecule has 10 heteroatoms. The van der Waals surface area contributed by atoms with E-state index in [2.05, 4.69) is 4.98 Å². The fourth-order valence-electron chi connectivity index (χ4n) is 5.58. The molecule has 0 spiro atoms. The topological polar surface area (TPSA) is 135 Å². The van der Waals surface area contributed by atoms with Crippen molar-refractivity contribution in [1.82, 2.24) is 14.1 Å². The maximum Gasteiger partial charge on any atom is 0.253 e. The van der Waals surface area contributed by atoms with Crippen LogP contribution in [0.3, 0.4) is 0 Å². The number of aryl methyl sites for hydroxylation is 5. The van der Waals surface area contributed by atoms with Gasteiger partial charge in [-0.25, -0.2) is 4.98 Å². The molecule has 0 fully saturated rings. The van der Waals surface area contributed by atoms with E-state index in [1.165, 1.54) is 6.07 Å². The second-order valence-corrected chi connectivity index (χ2v) is 11.9. The molecule has 0 saturated carbocycles. The second kappa shape index (κ2) is 13.9. The predicted molar refractivity (Wildman–Crippen MR) is 195 cm³/mol. The molecule has 0 bridgehead atoms. The van der Waals surface area contributed by atoms with Crippen LogP contribution in [0.2, 0.25) is 0 Å². The summed E-state index contributed by atoms with van der Waals surface area (Å²) >= 11 is 0. The third-order valence-electron chi connectivity index (χ3n) is 8.05. The van der Waals surface area contributed by atoms with E-state index in [4.69, 9.17) is 19.6 Å². The number of rotatable bonds is 6. The normalized spacial score (nSPS) is 10.8. The van der Waals surface area contributed by atoms with Gasteiger partial charge in [0.15, 0.2) is 22.7 Å². The number of anilines is 1. The number of phenolic OH excluding ortho intramolecular Hbond substituents is 1. The van der Waals surface area contributed by atoms with Gasteiger partial charge in [0.1, 0.15) is 23.0 Å². The van der Waals surface area contributed by atoms with Crippen molar-refractivity contribution in [3.8, 4) is 51.0 Å². The number of benzene rings is 4. The Morgan fingerprint density at radius 1 is 0.700 bits per heavy atom. The van der Waals surface area contributed by atoms with Crippen LogP contribution in [0, 0.1) is 20.8 Å². The van der Waals surface area contributed by atoms with Crippen LogP contribution in [0.1, 0.15) is 17.0 Å². The van der Waals surface area contributed by atoms with Crippen molar-refractivity contribution in [2.24, 2.45) is 14.1 Å². The van der Waals surface area contributed by atoms with Gasteiger partial charge in [-0.3, -0.25) is 9.59 Å². The van der Waals surface area contributed by atoms with Gasteiger partial charge >= 0.3 is 0 Å². The van der Waals surface area contributed by atoms with E-state index in [1.807, 2.05) is 92.7 Å². The van der Waals surface area contributed by atoms with Crippen molar-refractivity contribution in [2.75, 3.05) is 5.73 Å². The van der Waals surface area contributed by atoms with E-state index in [-0.39, 0.29) is 22.6 Å². The third-order valence-corrected chi connectivity index (χ3v) is 8.05. The number of phenols is 1. The lowest BCUT2D eigenvalue weighted by molar-refractivity contribution is 0.467. The number of oxazole rings is 1. The van der Waals surface area contributed by atoms with Crippen molar-refractivity contribution in [3.63, 3.8) is 0 Å². The van der Waals surface area contributed by atoms with Gasteiger partial charge in [-0.15, -0.1) is 0 Å². The summed E-state index contributed by atoms with van der Waals surface area (Å²) in [6.07, 6.45) is 3.59. The third kappa shape index (κ3) is 7.00. The summed E-state index contributed by atoms with van der Waals surface area (Å²) in [4.78, 5) is 28.4. The monoisotopic (exact) mass is 668 g/mol. The molecular weight excluding hydrogens is 632 g/mol. The van der Waals surface area contributed by atoms with Crippen LogP contribution < -0.4 is 26.3 Å². The van der Waals surface area contributed by atoms with E-state index < -0.39 is 0 Å². The molecule has 0 atom stereocenters. The zero-order chi connectivity index (χ0) is 35.5. The van der Waals surface area contributed by atoms with Crippen molar-refractivity contribution in [1.29, 1.82) is 0 Å². The first-order valence-corrected chi connectivity index (χ1v) is 15.8. The highest BCUT2D eigenvalue weighted by atomic mass is 16.5. The number of nitrogens with two attached hydrogens (primary N) is 1. The smallest absolute Gasteiger partial charge is 0.253 e. The van der Waals surface area contributed by atoms with Crippen molar-refractivity contribution in [3.05, 3.63) is 147 Å². The molecule has 7 aromatic rings. The Bertz CT molecular complexity index is 2410. The van der Waals surface area contributed by atoms with Crippen LogP contribution in [0.25, 0.3) is 33.4 Å². The number of para-hydroxylation sites is 2. The SMILES string of the molecule is Cc1cc(-c2ccccc2Oc2ccc(O)c(N)c2)cn(C)c1=O.Cc1nc2c(Oc3ccccc3)c(-c3cc(C)c(=O)n(C)c3)ccc2o1. The fourth-order valence-corrected chi connectivity index (χ4v) is 5.58. The van der Waals surface area contributed by atoms with Crippen LogP contribution in [-0.2, 0) is 14.1 Å². The van der Waals surface area contributed by atoms with Gasteiger partial charge in [0.2, 0.25) is 0 Å². The first-order valence-electron chi connectivity index (χ1n) is 15.8. The number of ether oxygens (including phenoxy) is 2. The first kappa shape index (κ1) is 33.4. The summed E-state index contributed by atoms with van der Waals surface area (Å²) in [5, 5.41) is 9.52. The second-order valence-electron chi connectivity index (χ2n) is 11.9. The lowest BCUT2D eigenvalue weighted by atomic mass is 10.0. The van der Waals surface area contributed by atoms with Gasteiger partial charge in [-0.2, -0.15) is 0 Å². The zero-order valence-electron chi connectivity index (χ0n) is 28.3. The summed E-state index contributed by atoms with van der Waals surface area (Å²) in [7, 11) is 3.47. The van der Waals surface area contributed by atoms with Gasteiger partial charge in [0.05, 0.1) is 5.69 Å². The molecule has 0 radical (unpaired) electrons. The Hall–Kier alpha value is -6.55. The zero-order valence-corrected chi connectivity index (χ0v) is 28.3. The molecule has 0 aliphatic heterocycles. The molecule has 7 rings (SSSR count). The average molecular weight is 669 g/mol. The lowest BCUT2D eigenvalue weighted by Gasteiger charge is -2.13. The quantitative estimate of drug-likeness (QED) is 0.134. The summed E-state index contributed by atoms with van der Waals surface area (Å²) in [6.45, 7) is 5.40. The molecule has 50 heavy (non-hydrogen) atoms. The number of nitrogen functional groups attached to an aromatic ring is 1. The highest BCUT2D eigenvalue weighted by Gasteiger charge is 2.18. The average Bonchev–Trinajstić information content (AvgIpc) is 3.49. The standard InChI is InChI=1S/C21H18N2O3.C19H18N2O3/c1-13-11-15(12-23(3)21(13)24)17-9-10-18-19(22-14(2)25-18)20(17)26-16-7-5-4-6-8-16;1-12-9-13(11-21(2)19(12)23)15-5-3-4-6-18(15)24-14-7-8-17(22)16(20)10-14/h4-12H,1-3H3;3-11,22H,20H2,1-2H3. The Morgan fingerprint density at radius 3 is 1.96 bits per heavy atom. The van der Waals surface area contributed by atoms with E-state index in [0.29, 0.717) is 51.1 Å². The Morgan fingerprint density at radius 2 is 1.32 bits per heavy atom. The summed E-state index contributed by atoms with van der Waals surface area (Å²) in [5.74, 6) is 3.09. The number of fused-ring (bicyclic) bond motifs is 1. The molecule has 0 aliphatic rings. The van der Waals surface area contributed by atoms with Crippen LogP contribution in [0.4, 0.5) is 5.69 Å².